The first-order valence-electron chi connectivity index (χ1n) is 14.1. The lowest BCUT2D eigenvalue weighted by Gasteiger charge is -2.30. The molecule has 2 fully saturated rings. The second-order valence-electron chi connectivity index (χ2n) is 10.7. The van der Waals surface area contributed by atoms with Crippen LogP contribution in [-0.4, -0.2) is 28.7 Å². The lowest BCUT2D eigenvalue weighted by atomic mass is 10.0. The van der Waals surface area contributed by atoms with Crippen molar-refractivity contribution in [3.05, 3.63) is 59.4 Å². The van der Waals surface area contributed by atoms with Gasteiger partial charge in [0.2, 0.25) is 11.8 Å². The third kappa shape index (κ3) is 8.71. The van der Waals surface area contributed by atoms with Crippen molar-refractivity contribution in [3.63, 3.8) is 0 Å². The van der Waals surface area contributed by atoms with E-state index in [1.165, 1.54) is 23.1 Å². The molecule has 3 amide bonds. The molecule has 0 aliphatic heterocycles. The van der Waals surface area contributed by atoms with Crippen LogP contribution < -0.4 is 10.6 Å². The van der Waals surface area contributed by atoms with Crippen molar-refractivity contribution in [2.75, 3.05) is 10.6 Å². The molecule has 0 saturated heterocycles. The quantitative estimate of drug-likeness (QED) is 0.263. The van der Waals surface area contributed by atoms with Gasteiger partial charge in [0.25, 0.3) is 5.91 Å². The number of anilines is 2. The van der Waals surface area contributed by atoms with Crippen LogP contribution in [0.4, 0.5) is 15.8 Å². The van der Waals surface area contributed by atoms with E-state index in [1.54, 1.807) is 6.92 Å². The number of hydrogen-bond acceptors (Lipinski definition) is 3. The van der Waals surface area contributed by atoms with Crippen molar-refractivity contribution in [1.82, 2.24) is 4.90 Å². The minimum absolute atomic E-state index is 0.0255. The Morgan fingerprint density at radius 3 is 2.42 bits per heavy atom. The highest BCUT2D eigenvalue weighted by Crippen LogP contribution is 2.30. The minimum Gasteiger partial charge on any atom is -0.326 e. The number of hydrogen-bond donors (Lipinski definition) is 2. The van der Waals surface area contributed by atoms with E-state index >= 15 is 0 Å². The molecule has 0 heterocycles. The summed E-state index contributed by atoms with van der Waals surface area (Å²) in [4.78, 5) is 40.8. The second kappa shape index (κ2) is 13.8. The van der Waals surface area contributed by atoms with Crippen LogP contribution in [0.3, 0.4) is 0 Å². The van der Waals surface area contributed by atoms with Crippen LogP contribution in [0, 0.1) is 48.8 Å². The summed E-state index contributed by atoms with van der Waals surface area (Å²) in [5, 5.41) is 5.83. The largest absolute Gasteiger partial charge is 0.326 e. The number of carbonyl (C=O) groups excluding carboxylic acids is 3. The van der Waals surface area contributed by atoms with E-state index in [-0.39, 0.29) is 36.0 Å². The van der Waals surface area contributed by atoms with Gasteiger partial charge in [-0.3, -0.25) is 14.4 Å². The van der Waals surface area contributed by atoms with Crippen LogP contribution >= 0.6 is 0 Å². The number of halogens is 1. The zero-order valence-corrected chi connectivity index (χ0v) is 23.0. The van der Waals surface area contributed by atoms with Gasteiger partial charge in [-0.25, -0.2) is 4.39 Å². The van der Waals surface area contributed by atoms with Crippen LogP contribution in [0.2, 0.25) is 0 Å². The van der Waals surface area contributed by atoms with Crippen molar-refractivity contribution in [2.24, 2.45) is 11.8 Å². The van der Waals surface area contributed by atoms with E-state index in [0.29, 0.717) is 36.2 Å². The highest BCUT2D eigenvalue weighted by atomic mass is 19.1. The van der Waals surface area contributed by atoms with Gasteiger partial charge in [-0.2, -0.15) is 0 Å². The van der Waals surface area contributed by atoms with Gasteiger partial charge in [0.1, 0.15) is 11.9 Å². The average Bonchev–Trinajstić information content (AvgIpc) is 3.85. The van der Waals surface area contributed by atoms with Gasteiger partial charge < -0.3 is 15.5 Å². The Balaban J connectivity index is 1.55. The van der Waals surface area contributed by atoms with Crippen LogP contribution in [0.15, 0.2) is 42.5 Å². The second-order valence-corrected chi connectivity index (χ2v) is 10.7. The number of carbonyl (C=O) groups is 3. The highest BCUT2D eigenvalue weighted by Gasteiger charge is 2.31. The van der Waals surface area contributed by atoms with Crippen LogP contribution in [0.25, 0.3) is 0 Å². The van der Waals surface area contributed by atoms with E-state index in [2.05, 4.69) is 28.4 Å². The van der Waals surface area contributed by atoms with Gasteiger partial charge in [0.05, 0.1) is 0 Å². The number of nitrogens with one attached hydrogen (secondary N) is 2. The van der Waals surface area contributed by atoms with E-state index in [4.69, 9.17) is 6.42 Å². The van der Waals surface area contributed by atoms with Crippen molar-refractivity contribution >= 4 is 29.1 Å². The SMILES string of the molecule is C#CCCCCCC(C(=O)Nc1ccc(F)cc1C)N(Cc1ccc(NC(=O)C2CC2)cc1)C(=O)C#CC1CC1. The van der Waals surface area contributed by atoms with Crippen LogP contribution in [-0.2, 0) is 20.9 Å². The fraction of sp³-hybridized carbons (Fsp3) is 0.424. The third-order valence-electron chi connectivity index (χ3n) is 7.17. The lowest BCUT2D eigenvalue weighted by molar-refractivity contribution is -0.135. The molecule has 2 saturated carbocycles. The molecular formula is C33H36FN3O3. The molecule has 0 radical (unpaired) electrons. The van der Waals surface area contributed by atoms with E-state index in [1.807, 2.05) is 24.3 Å². The predicted molar refractivity (Wildman–Crippen MR) is 154 cm³/mol. The topological polar surface area (TPSA) is 78.5 Å². The maximum atomic E-state index is 13.7. The van der Waals surface area contributed by atoms with Crippen molar-refractivity contribution in [3.8, 4) is 24.2 Å². The number of aryl methyl sites for hydroxylation is 1. The molecule has 0 bridgehead atoms. The fourth-order valence-electron chi connectivity index (χ4n) is 4.42. The molecule has 208 valence electrons. The molecule has 6 nitrogen and oxygen atoms in total. The Morgan fingerprint density at radius 1 is 1.02 bits per heavy atom. The molecule has 0 spiro atoms. The summed E-state index contributed by atoms with van der Waals surface area (Å²) in [5.74, 6) is 7.66. The molecule has 0 aromatic heterocycles. The molecule has 40 heavy (non-hydrogen) atoms. The van der Waals surface area contributed by atoms with Gasteiger partial charge in [0.15, 0.2) is 0 Å². The molecule has 1 atom stereocenters. The van der Waals surface area contributed by atoms with Crippen molar-refractivity contribution in [2.45, 2.75) is 77.3 Å². The van der Waals surface area contributed by atoms with Crippen LogP contribution in [0.5, 0.6) is 0 Å². The number of nitrogens with zero attached hydrogens (tertiary/aromatic N) is 1. The normalized spacial score (nSPS) is 14.7. The molecule has 2 aromatic carbocycles. The smallest absolute Gasteiger partial charge is 0.299 e. The Labute approximate surface area is 236 Å². The zero-order valence-electron chi connectivity index (χ0n) is 23.0. The summed E-state index contributed by atoms with van der Waals surface area (Å²) in [6.45, 7) is 1.90. The number of amides is 3. The molecule has 7 heteroatoms. The molecular weight excluding hydrogens is 505 g/mol. The molecule has 4 rings (SSSR count). The molecule has 2 aliphatic rings. The van der Waals surface area contributed by atoms with Crippen LogP contribution in [0.1, 0.15) is 68.9 Å². The number of unbranched alkanes of at least 4 members (excludes halogenated alkanes) is 3. The van der Waals surface area contributed by atoms with Crippen molar-refractivity contribution < 1.29 is 18.8 Å². The van der Waals surface area contributed by atoms with Gasteiger partial charge in [-0.05, 0) is 92.8 Å². The van der Waals surface area contributed by atoms with E-state index in [9.17, 15) is 18.8 Å². The Bertz CT molecular complexity index is 1330. The lowest BCUT2D eigenvalue weighted by Crippen LogP contribution is -2.46. The first kappa shape index (κ1) is 28.9. The summed E-state index contributed by atoms with van der Waals surface area (Å²) in [7, 11) is 0. The summed E-state index contributed by atoms with van der Waals surface area (Å²) >= 11 is 0. The van der Waals surface area contributed by atoms with E-state index in [0.717, 1.165) is 44.1 Å². The fourth-order valence-corrected chi connectivity index (χ4v) is 4.42. The monoisotopic (exact) mass is 541 g/mol. The molecule has 2 N–H and O–H groups in total. The van der Waals surface area contributed by atoms with Gasteiger partial charge in [-0.15, -0.1) is 12.3 Å². The Hall–Kier alpha value is -4.10. The maximum Gasteiger partial charge on any atom is 0.299 e. The number of rotatable bonds is 12. The number of benzene rings is 2. The zero-order chi connectivity index (χ0) is 28.5. The first-order chi connectivity index (χ1) is 19.3. The standard InChI is InChI=1S/C33H36FN3O3/c1-3-4-5-6-7-8-30(33(40)36-29-19-16-27(34)21-23(29)2)37(31(38)20-13-24-9-10-24)22-25-11-17-28(18-12-25)35-32(39)26-14-15-26/h1,11-12,16-19,21,24,26,30H,4-10,14-15,22H2,2H3,(H,35,39)(H,36,40). The molecule has 2 aliphatic carbocycles. The maximum absolute atomic E-state index is 13.7. The van der Waals surface area contributed by atoms with Gasteiger partial charge in [-0.1, -0.05) is 30.9 Å². The summed E-state index contributed by atoms with van der Waals surface area (Å²) in [6, 6.07) is 10.7. The number of terminal acetylenes is 1. The molecule has 2 aromatic rings. The Morgan fingerprint density at radius 2 is 1.77 bits per heavy atom. The summed E-state index contributed by atoms with van der Waals surface area (Å²) in [6.07, 6.45) is 12.7. The molecule has 1 unspecified atom stereocenters. The average molecular weight is 542 g/mol. The highest BCUT2D eigenvalue weighted by molar-refractivity contribution is 6.01. The minimum atomic E-state index is -0.787. The first-order valence-corrected chi connectivity index (χ1v) is 14.1. The van der Waals surface area contributed by atoms with Crippen molar-refractivity contribution in [1.29, 1.82) is 0 Å². The van der Waals surface area contributed by atoms with Gasteiger partial charge >= 0.3 is 0 Å². The van der Waals surface area contributed by atoms with Gasteiger partial charge in [0, 0.05) is 36.2 Å². The predicted octanol–water partition coefficient (Wildman–Crippen LogP) is 5.82. The summed E-state index contributed by atoms with van der Waals surface area (Å²) < 4.78 is 13.7. The third-order valence-corrected chi connectivity index (χ3v) is 7.17. The Kier molecular flexibility index (Phi) is 9.97. The van der Waals surface area contributed by atoms with E-state index < -0.39 is 11.9 Å². The summed E-state index contributed by atoms with van der Waals surface area (Å²) in [5.41, 5.74) is 2.60.